The Balaban J connectivity index is 2.18. The molecule has 0 saturated heterocycles. The van der Waals surface area contributed by atoms with Crippen LogP contribution in [-0.2, 0) is 6.18 Å². The van der Waals surface area contributed by atoms with Gasteiger partial charge in [0.25, 0.3) is 0 Å². The highest BCUT2D eigenvalue weighted by molar-refractivity contribution is 5.22. The number of alkyl halides is 3. The maximum atomic E-state index is 12.3. The molecule has 88 valence electrons. The lowest BCUT2D eigenvalue weighted by Crippen LogP contribution is -2.15. The molecule has 0 spiro atoms. The van der Waals surface area contributed by atoms with Crippen molar-refractivity contribution < 1.29 is 13.2 Å². The zero-order chi connectivity index (χ0) is 11.8. The third kappa shape index (κ3) is 2.35. The number of pyridine rings is 1. The number of hydrogen-bond donors (Lipinski definition) is 1. The van der Waals surface area contributed by atoms with Crippen LogP contribution >= 0.6 is 0 Å². The minimum Gasteiger partial charge on any atom is -0.330 e. The van der Waals surface area contributed by atoms with Crippen molar-refractivity contribution in [3.63, 3.8) is 0 Å². The van der Waals surface area contributed by atoms with Crippen LogP contribution in [0.3, 0.4) is 0 Å². The summed E-state index contributed by atoms with van der Waals surface area (Å²) in [6, 6.07) is 2.52. The first kappa shape index (κ1) is 11.4. The largest absolute Gasteiger partial charge is 0.433 e. The molecule has 1 aliphatic carbocycles. The molecular formula is C11H13F3N2. The van der Waals surface area contributed by atoms with Gasteiger partial charge in [0.15, 0.2) is 0 Å². The Hall–Kier alpha value is -1.10. The topological polar surface area (TPSA) is 38.9 Å². The lowest BCUT2D eigenvalue weighted by molar-refractivity contribution is -0.141. The van der Waals surface area contributed by atoms with E-state index < -0.39 is 11.9 Å². The van der Waals surface area contributed by atoms with Crippen molar-refractivity contribution in [3.05, 3.63) is 29.6 Å². The minimum absolute atomic E-state index is 0.162. The van der Waals surface area contributed by atoms with Gasteiger partial charge in [0.05, 0.1) is 0 Å². The van der Waals surface area contributed by atoms with Crippen LogP contribution in [0, 0.1) is 5.92 Å². The monoisotopic (exact) mass is 230 g/mol. The van der Waals surface area contributed by atoms with Gasteiger partial charge in [-0.15, -0.1) is 0 Å². The van der Waals surface area contributed by atoms with E-state index in [0.29, 0.717) is 12.5 Å². The molecule has 0 amide bonds. The molecule has 5 heteroatoms. The van der Waals surface area contributed by atoms with E-state index in [1.54, 1.807) is 0 Å². The standard InChI is InChI=1S/C11H13F3N2/c12-11(13,14)10-4-3-8(6-16-10)9(5-15)7-1-2-7/h3-4,6-7,9H,1-2,5,15H2. The van der Waals surface area contributed by atoms with Crippen LogP contribution in [0.25, 0.3) is 0 Å². The van der Waals surface area contributed by atoms with E-state index in [1.165, 1.54) is 12.3 Å². The van der Waals surface area contributed by atoms with Crippen molar-refractivity contribution in [1.82, 2.24) is 4.98 Å². The van der Waals surface area contributed by atoms with Crippen LogP contribution in [0.2, 0.25) is 0 Å². The lowest BCUT2D eigenvalue weighted by Gasteiger charge is -2.14. The Kier molecular flexibility index (Phi) is 2.88. The van der Waals surface area contributed by atoms with Crippen LogP contribution in [0.1, 0.15) is 30.0 Å². The highest BCUT2D eigenvalue weighted by atomic mass is 19.4. The van der Waals surface area contributed by atoms with Crippen molar-refractivity contribution in [2.24, 2.45) is 11.7 Å². The molecule has 0 aromatic carbocycles. The van der Waals surface area contributed by atoms with Crippen molar-refractivity contribution in [2.45, 2.75) is 24.9 Å². The molecule has 0 aliphatic heterocycles. The first-order valence-corrected chi connectivity index (χ1v) is 5.25. The van der Waals surface area contributed by atoms with E-state index in [2.05, 4.69) is 4.98 Å². The summed E-state index contributed by atoms with van der Waals surface area (Å²) >= 11 is 0. The summed E-state index contributed by atoms with van der Waals surface area (Å²) < 4.78 is 36.9. The summed E-state index contributed by atoms with van der Waals surface area (Å²) in [5.74, 6) is 0.693. The van der Waals surface area contributed by atoms with Gasteiger partial charge in [-0.25, -0.2) is 0 Å². The van der Waals surface area contributed by atoms with E-state index in [4.69, 9.17) is 5.73 Å². The van der Waals surface area contributed by atoms with Gasteiger partial charge in [0.1, 0.15) is 5.69 Å². The molecule has 1 aliphatic rings. The molecule has 1 aromatic heterocycles. The van der Waals surface area contributed by atoms with Crippen LogP contribution < -0.4 is 5.73 Å². The number of aromatic nitrogens is 1. The van der Waals surface area contributed by atoms with E-state index in [9.17, 15) is 13.2 Å². The molecule has 16 heavy (non-hydrogen) atoms. The molecule has 1 heterocycles. The van der Waals surface area contributed by atoms with Crippen LogP contribution in [0.4, 0.5) is 13.2 Å². The van der Waals surface area contributed by atoms with E-state index in [1.807, 2.05) is 0 Å². The second-order valence-electron chi connectivity index (χ2n) is 4.15. The van der Waals surface area contributed by atoms with Crippen LogP contribution in [-0.4, -0.2) is 11.5 Å². The number of hydrogen-bond acceptors (Lipinski definition) is 2. The fourth-order valence-corrected chi connectivity index (χ4v) is 1.89. The fraction of sp³-hybridized carbons (Fsp3) is 0.545. The summed E-state index contributed by atoms with van der Waals surface area (Å²) in [7, 11) is 0. The summed E-state index contributed by atoms with van der Waals surface area (Å²) in [5.41, 5.74) is 5.59. The molecular weight excluding hydrogens is 217 g/mol. The average molecular weight is 230 g/mol. The number of nitrogens with zero attached hydrogens (tertiary/aromatic N) is 1. The molecule has 2 N–H and O–H groups in total. The maximum absolute atomic E-state index is 12.3. The van der Waals surface area contributed by atoms with Crippen molar-refractivity contribution in [1.29, 1.82) is 0 Å². The zero-order valence-corrected chi connectivity index (χ0v) is 8.67. The molecule has 2 rings (SSSR count). The van der Waals surface area contributed by atoms with Gasteiger partial charge in [0.2, 0.25) is 0 Å². The van der Waals surface area contributed by atoms with Gasteiger partial charge in [-0.3, -0.25) is 4.98 Å². The number of nitrogens with two attached hydrogens (primary N) is 1. The minimum atomic E-state index is -4.36. The molecule has 2 nitrogen and oxygen atoms in total. The Labute approximate surface area is 91.7 Å². The first-order valence-electron chi connectivity index (χ1n) is 5.25. The SMILES string of the molecule is NCC(c1ccc(C(F)(F)F)nc1)C1CC1. The van der Waals surface area contributed by atoms with Gasteiger partial charge in [-0.05, 0) is 36.9 Å². The Bertz CT molecular complexity index is 354. The third-order valence-electron chi connectivity index (χ3n) is 2.95. The quantitative estimate of drug-likeness (QED) is 0.866. The highest BCUT2D eigenvalue weighted by Gasteiger charge is 2.34. The van der Waals surface area contributed by atoms with Gasteiger partial charge in [-0.1, -0.05) is 6.07 Å². The maximum Gasteiger partial charge on any atom is 0.433 e. The molecule has 1 aromatic rings. The average Bonchev–Trinajstić information content (AvgIpc) is 3.03. The van der Waals surface area contributed by atoms with Gasteiger partial charge in [-0.2, -0.15) is 13.2 Å². The molecule has 1 fully saturated rings. The summed E-state index contributed by atoms with van der Waals surface area (Å²) in [6.45, 7) is 0.470. The molecule has 1 saturated carbocycles. The second kappa shape index (κ2) is 4.05. The molecule has 1 atom stereocenters. The smallest absolute Gasteiger partial charge is 0.330 e. The Morgan fingerprint density at radius 1 is 1.38 bits per heavy atom. The van der Waals surface area contributed by atoms with Crippen LogP contribution in [0.5, 0.6) is 0 Å². The summed E-state index contributed by atoms with van der Waals surface area (Å²) in [5, 5.41) is 0. The van der Waals surface area contributed by atoms with E-state index in [-0.39, 0.29) is 5.92 Å². The Morgan fingerprint density at radius 3 is 2.44 bits per heavy atom. The van der Waals surface area contributed by atoms with Crippen molar-refractivity contribution >= 4 is 0 Å². The number of rotatable bonds is 3. The van der Waals surface area contributed by atoms with Gasteiger partial charge < -0.3 is 5.73 Å². The van der Waals surface area contributed by atoms with Crippen LogP contribution in [0.15, 0.2) is 18.3 Å². The molecule has 0 bridgehead atoms. The normalized spacial score (nSPS) is 18.5. The number of halogens is 3. The highest BCUT2D eigenvalue weighted by Crippen LogP contribution is 2.42. The summed E-state index contributed by atoms with van der Waals surface area (Å²) in [6.07, 6.45) is -0.833. The second-order valence-corrected chi connectivity index (χ2v) is 4.15. The lowest BCUT2D eigenvalue weighted by atomic mass is 9.96. The Morgan fingerprint density at radius 2 is 2.06 bits per heavy atom. The van der Waals surface area contributed by atoms with Gasteiger partial charge in [0, 0.05) is 12.1 Å². The fourth-order valence-electron chi connectivity index (χ4n) is 1.89. The predicted octanol–water partition coefficient (Wildman–Crippen LogP) is 2.55. The summed E-state index contributed by atoms with van der Waals surface area (Å²) in [4.78, 5) is 3.45. The third-order valence-corrected chi connectivity index (χ3v) is 2.95. The molecule has 1 unspecified atom stereocenters. The van der Waals surface area contributed by atoms with Crippen molar-refractivity contribution in [2.75, 3.05) is 6.54 Å². The molecule has 0 radical (unpaired) electrons. The predicted molar refractivity (Wildman–Crippen MR) is 53.8 cm³/mol. The zero-order valence-electron chi connectivity index (χ0n) is 8.67. The van der Waals surface area contributed by atoms with Crippen molar-refractivity contribution in [3.8, 4) is 0 Å². The van der Waals surface area contributed by atoms with E-state index >= 15 is 0 Å². The van der Waals surface area contributed by atoms with E-state index in [0.717, 1.165) is 24.5 Å². The first-order chi connectivity index (χ1) is 7.52. The van der Waals surface area contributed by atoms with Gasteiger partial charge >= 0.3 is 6.18 Å².